The van der Waals surface area contributed by atoms with Gasteiger partial charge in [0.1, 0.15) is 30.2 Å². The van der Waals surface area contributed by atoms with E-state index in [9.17, 15) is 33.7 Å². The first-order valence-corrected chi connectivity index (χ1v) is 12.7. The predicted molar refractivity (Wildman–Crippen MR) is 121 cm³/mol. The van der Waals surface area contributed by atoms with E-state index in [-0.39, 0.29) is 92.4 Å². The van der Waals surface area contributed by atoms with E-state index in [1.54, 1.807) is 0 Å². The second-order valence-electron chi connectivity index (χ2n) is 6.14. The SMILES string of the molecule is Nc1ncnc2c1ncn2[C@@H]1O[C@H](COP(=O)(O)OP(=O)(O)NP(=O)(O)O)[C@@H](O)[C@H]1O.[Li].[Li].[Li].[Li]. The second-order valence-corrected chi connectivity index (χ2v) is 10.9. The Bertz CT molecular complexity index is 1120. The first-order chi connectivity index (χ1) is 14.2. The summed E-state index contributed by atoms with van der Waals surface area (Å²) in [5.41, 5.74) is 6.02. The number of phosphoric acid groups is 1. The van der Waals surface area contributed by atoms with Gasteiger partial charge in [-0.05, 0) is 0 Å². The molecule has 35 heavy (non-hydrogen) atoms. The van der Waals surface area contributed by atoms with E-state index in [1.807, 2.05) is 0 Å². The number of hydrogen-bond acceptors (Lipinski definition) is 12. The molecule has 178 valence electrons. The molecular weight excluding hydrogens is 517 g/mol. The molecule has 1 aliphatic heterocycles. The van der Waals surface area contributed by atoms with Crippen LogP contribution in [0.3, 0.4) is 0 Å². The Labute approximate surface area is 245 Å². The number of nitrogen functional groups attached to an aromatic ring is 1. The molecule has 2 unspecified atom stereocenters. The van der Waals surface area contributed by atoms with Crippen molar-refractivity contribution in [3.8, 4) is 0 Å². The maximum absolute atomic E-state index is 11.8. The van der Waals surface area contributed by atoms with Gasteiger partial charge in [-0.1, -0.05) is 0 Å². The summed E-state index contributed by atoms with van der Waals surface area (Å²) in [5.74, 6) is 0.0485. The van der Waals surface area contributed by atoms with Gasteiger partial charge in [0.15, 0.2) is 17.7 Å². The Morgan fingerprint density at radius 3 is 2.20 bits per heavy atom. The number of nitrogens with one attached hydrogen (secondary N) is 1. The van der Waals surface area contributed by atoms with Crippen LogP contribution >= 0.6 is 23.3 Å². The monoisotopic (exact) mass is 534 g/mol. The minimum atomic E-state index is -5.45. The van der Waals surface area contributed by atoms with Gasteiger partial charge in [-0.15, -0.1) is 4.86 Å². The van der Waals surface area contributed by atoms with E-state index in [0.717, 1.165) is 11.2 Å². The summed E-state index contributed by atoms with van der Waals surface area (Å²) < 4.78 is 48.9. The van der Waals surface area contributed by atoms with Crippen molar-refractivity contribution in [2.45, 2.75) is 24.5 Å². The summed E-state index contributed by atoms with van der Waals surface area (Å²) in [5, 5.41) is 20.4. The van der Waals surface area contributed by atoms with Crippen LogP contribution in [-0.2, 0) is 27.3 Å². The van der Waals surface area contributed by atoms with Gasteiger partial charge in [-0.3, -0.25) is 9.09 Å². The van der Waals surface area contributed by atoms with Gasteiger partial charge < -0.3 is 40.3 Å². The van der Waals surface area contributed by atoms with Gasteiger partial charge in [-0.25, -0.2) is 28.6 Å². The van der Waals surface area contributed by atoms with Gasteiger partial charge in [0.2, 0.25) is 0 Å². The summed E-state index contributed by atoms with van der Waals surface area (Å²) in [6.45, 7) is -0.928. The molecule has 0 saturated carbocycles. The normalized spacial score (nSPS) is 25.2. The minimum Gasteiger partial charge on any atom is -0.387 e. The molecule has 1 aliphatic rings. The molecule has 3 rings (SSSR count). The van der Waals surface area contributed by atoms with Gasteiger partial charge in [0.25, 0.3) is 0 Å². The molecule has 0 spiro atoms. The molecule has 6 atom stereocenters. The largest absolute Gasteiger partial charge is 0.480 e. The average molecular weight is 534 g/mol. The molecule has 3 heterocycles. The smallest absolute Gasteiger partial charge is 0.387 e. The molecule has 0 amide bonds. The zero-order valence-electron chi connectivity index (χ0n) is 19.0. The van der Waals surface area contributed by atoms with Crippen LogP contribution in [-0.4, -0.2) is 150 Å². The zero-order valence-corrected chi connectivity index (χ0v) is 21.7. The fourth-order valence-corrected chi connectivity index (χ4v) is 6.10. The van der Waals surface area contributed by atoms with Crippen molar-refractivity contribution in [1.82, 2.24) is 24.4 Å². The third kappa shape index (κ3) is 9.93. The number of nitrogens with zero attached hydrogens (tertiary/aromatic N) is 4. The average Bonchev–Trinajstić information content (AvgIpc) is 3.13. The topological polar surface area (TPSA) is 282 Å². The Balaban J connectivity index is 0. The Morgan fingerprint density at radius 2 is 1.63 bits per heavy atom. The predicted octanol–water partition coefficient (Wildman–Crippen LogP) is -3.58. The van der Waals surface area contributed by atoms with Crippen LogP contribution in [0.4, 0.5) is 5.82 Å². The third-order valence-electron chi connectivity index (χ3n) is 3.87. The number of rotatable bonds is 8. The summed E-state index contributed by atoms with van der Waals surface area (Å²) in [7, 11) is -16.1. The van der Waals surface area contributed by atoms with Crippen molar-refractivity contribution in [2.24, 2.45) is 0 Å². The molecule has 4 radical (unpaired) electrons. The summed E-state index contributed by atoms with van der Waals surface area (Å²) >= 11 is 0. The molecule has 0 aliphatic carbocycles. The molecular formula is C10H17Li4N6O12P3. The first-order valence-electron chi connectivity index (χ1n) is 8.00. The summed E-state index contributed by atoms with van der Waals surface area (Å²) in [4.78, 5) is 48.5. The number of aromatic nitrogens is 4. The van der Waals surface area contributed by atoms with Crippen molar-refractivity contribution < 1.29 is 57.1 Å². The zero-order chi connectivity index (χ0) is 23.2. The van der Waals surface area contributed by atoms with Crippen molar-refractivity contribution in [1.29, 1.82) is 0 Å². The second kappa shape index (κ2) is 14.4. The summed E-state index contributed by atoms with van der Waals surface area (Å²) in [6, 6.07) is 0. The molecule has 0 aromatic carbocycles. The van der Waals surface area contributed by atoms with Crippen LogP contribution in [0.25, 0.3) is 11.2 Å². The number of ether oxygens (including phenoxy) is 1. The number of hydrogen-bond donors (Lipinski definition) is 8. The minimum absolute atomic E-state index is 0. The van der Waals surface area contributed by atoms with E-state index >= 15 is 0 Å². The molecule has 18 nitrogen and oxygen atoms in total. The molecule has 2 aromatic heterocycles. The quantitative estimate of drug-likeness (QED) is 0.120. The van der Waals surface area contributed by atoms with Crippen molar-refractivity contribution in [3.63, 3.8) is 0 Å². The molecule has 2 aromatic rings. The fourth-order valence-electron chi connectivity index (χ4n) is 2.67. The fraction of sp³-hybridized carbons (Fsp3) is 0.500. The first kappa shape index (κ1) is 38.2. The molecule has 9 N–H and O–H groups in total. The van der Waals surface area contributed by atoms with Crippen molar-refractivity contribution >= 4 is 116 Å². The van der Waals surface area contributed by atoms with Gasteiger partial charge in [0, 0.05) is 75.4 Å². The third-order valence-corrected chi connectivity index (χ3v) is 8.11. The van der Waals surface area contributed by atoms with E-state index in [2.05, 4.69) is 23.8 Å². The number of aliphatic hydroxyl groups excluding tert-OH is 2. The van der Waals surface area contributed by atoms with Crippen LogP contribution in [0.5, 0.6) is 0 Å². The standard InChI is InChI=1S/C10H17N6O12P3.4Li/c11-8-5-9(13-2-12-8)16(3-14-5)10-7(18)6(17)4(27-10)1-26-31(24,25)28-30(22,23)15-29(19,20)21;;;;/h2-4,6-7,10,17-18H,1H2,(H,24,25)(H2,11,12,13)(H4,15,19,20,21,22,23);;;;/t4-,6-,7-,10-;;;;/m1..../s1. The van der Waals surface area contributed by atoms with Crippen LogP contribution in [0, 0.1) is 0 Å². The van der Waals surface area contributed by atoms with Crippen LogP contribution in [0.1, 0.15) is 6.23 Å². The number of imidazole rings is 1. The Kier molecular flexibility index (Phi) is 15.7. The molecule has 25 heteroatoms. The Morgan fingerprint density at radius 1 is 1.03 bits per heavy atom. The molecule has 1 saturated heterocycles. The Hall–Kier alpha value is 1.03. The van der Waals surface area contributed by atoms with Gasteiger partial charge in [0.05, 0.1) is 12.9 Å². The van der Waals surface area contributed by atoms with E-state index < -0.39 is 54.5 Å². The maximum Gasteiger partial charge on any atom is 0.480 e. The number of fused-ring (bicyclic) bond motifs is 1. The van der Waals surface area contributed by atoms with E-state index in [0.29, 0.717) is 0 Å². The van der Waals surface area contributed by atoms with Gasteiger partial charge in [-0.2, -0.15) is 4.31 Å². The molecule has 0 bridgehead atoms. The molecule has 1 fully saturated rings. The number of aliphatic hydroxyl groups is 2. The van der Waals surface area contributed by atoms with Gasteiger partial charge >= 0.3 is 23.3 Å². The summed E-state index contributed by atoms with van der Waals surface area (Å²) in [6.07, 6.45) is -3.62. The van der Waals surface area contributed by atoms with Crippen LogP contribution in [0.15, 0.2) is 12.7 Å². The van der Waals surface area contributed by atoms with Crippen molar-refractivity contribution in [2.75, 3.05) is 12.3 Å². The number of anilines is 1. The number of nitrogens with two attached hydrogens (primary N) is 1. The van der Waals surface area contributed by atoms with Crippen LogP contribution in [0.2, 0.25) is 0 Å². The van der Waals surface area contributed by atoms with E-state index in [1.165, 1.54) is 10.9 Å². The van der Waals surface area contributed by atoms with E-state index in [4.69, 9.17) is 20.3 Å². The maximum atomic E-state index is 11.8. The van der Waals surface area contributed by atoms with Crippen LogP contribution < -0.4 is 10.6 Å². The van der Waals surface area contributed by atoms with Crippen molar-refractivity contribution in [3.05, 3.63) is 12.7 Å². The number of phosphoric ester groups is 1.